The van der Waals surface area contributed by atoms with E-state index in [1.165, 1.54) is 11.9 Å². The van der Waals surface area contributed by atoms with Crippen molar-refractivity contribution in [1.82, 2.24) is 15.5 Å². The van der Waals surface area contributed by atoms with Crippen LogP contribution in [-0.4, -0.2) is 70.0 Å². The molecule has 0 unspecified atom stereocenters. The van der Waals surface area contributed by atoms with Crippen LogP contribution in [-0.2, 0) is 4.74 Å². The van der Waals surface area contributed by atoms with Gasteiger partial charge in [-0.2, -0.15) is 13.2 Å². The standard InChI is InChI=1S/C13H27F3N4O/c1-4-17-12(19-8-10-21-5-2)18-7-6-9-20(3)11-13(14,15)16/h4-11H2,1-3H3,(H2,17,18,19). The number of nitrogens with one attached hydrogen (secondary N) is 2. The van der Waals surface area contributed by atoms with Crippen molar-refractivity contribution in [2.24, 2.45) is 4.99 Å². The summed E-state index contributed by atoms with van der Waals surface area (Å²) in [5.74, 6) is 0.663. The highest BCUT2D eigenvalue weighted by Gasteiger charge is 2.28. The molecule has 0 bridgehead atoms. The van der Waals surface area contributed by atoms with Crippen molar-refractivity contribution in [2.75, 3.05) is 53.0 Å². The van der Waals surface area contributed by atoms with E-state index in [1.807, 2.05) is 13.8 Å². The van der Waals surface area contributed by atoms with Crippen molar-refractivity contribution in [3.8, 4) is 0 Å². The number of halogens is 3. The van der Waals surface area contributed by atoms with Crippen molar-refractivity contribution in [2.45, 2.75) is 26.4 Å². The first-order valence-electron chi connectivity index (χ1n) is 7.24. The second kappa shape index (κ2) is 11.6. The Balaban J connectivity index is 3.92. The van der Waals surface area contributed by atoms with E-state index >= 15 is 0 Å². The molecule has 2 N–H and O–H groups in total. The third-order valence-corrected chi connectivity index (χ3v) is 2.50. The Hall–Kier alpha value is -1.02. The molecule has 5 nitrogen and oxygen atoms in total. The molecule has 126 valence electrons. The van der Waals surface area contributed by atoms with Gasteiger partial charge in [0.15, 0.2) is 5.96 Å². The first kappa shape index (κ1) is 20.0. The van der Waals surface area contributed by atoms with E-state index in [-0.39, 0.29) is 0 Å². The summed E-state index contributed by atoms with van der Waals surface area (Å²) in [6, 6.07) is 0. The van der Waals surface area contributed by atoms with E-state index in [2.05, 4.69) is 15.6 Å². The van der Waals surface area contributed by atoms with Gasteiger partial charge in [-0.25, -0.2) is 0 Å². The van der Waals surface area contributed by atoms with Crippen molar-refractivity contribution in [3.05, 3.63) is 0 Å². The summed E-state index contributed by atoms with van der Waals surface area (Å²) in [4.78, 5) is 5.57. The van der Waals surface area contributed by atoms with Crippen LogP contribution in [0.3, 0.4) is 0 Å². The third kappa shape index (κ3) is 13.7. The smallest absolute Gasteiger partial charge is 0.380 e. The summed E-state index contributed by atoms with van der Waals surface area (Å²) < 4.78 is 41.6. The Morgan fingerprint density at radius 3 is 2.52 bits per heavy atom. The van der Waals surface area contributed by atoms with Gasteiger partial charge in [-0.1, -0.05) is 0 Å². The molecule has 0 fully saturated rings. The predicted octanol–water partition coefficient (Wildman–Crippen LogP) is 1.46. The zero-order valence-corrected chi connectivity index (χ0v) is 13.1. The lowest BCUT2D eigenvalue weighted by Gasteiger charge is -2.18. The molecule has 0 atom stereocenters. The van der Waals surface area contributed by atoms with Crippen LogP contribution in [0.25, 0.3) is 0 Å². The van der Waals surface area contributed by atoms with Crippen LogP contribution >= 0.6 is 0 Å². The predicted molar refractivity (Wildman–Crippen MR) is 78.6 cm³/mol. The fourth-order valence-electron chi connectivity index (χ4n) is 1.64. The zero-order valence-electron chi connectivity index (χ0n) is 13.1. The molecular weight excluding hydrogens is 285 g/mol. The molecule has 8 heteroatoms. The highest BCUT2D eigenvalue weighted by Crippen LogP contribution is 2.15. The van der Waals surface area contributed by atoms with E-state index in [1.54, 1.807) is 0 Å². The molecule has 0 rings (SSSR count). The number of nitrogens with zero attached hydrogens (tertiary/aromatic N) is 2. The van der Waals surface area contributed by atoms with Gasteiger partial charge in [0.05, 0.1) is 13.2 Å². The number of rotatable bonds is 10. The minimum Gasteiger partial charge on any atom is -0.380 e. The maximum absolute atomic E-state index is 12.1. The van der Waals surface area contributed by atoms with Crippen LogP contribution in [0.4, 0.5) is 13.2 Å². The number of hydrogen-bond acceptors (Lipinski definition) is 3. The fraction of sp³-hybridized carbons (Fsp3) is 0.923. The van der Waals surface area contributed by atoms with E-state index in [4.69, 9.17) is 4.74 Å². The number of guanidine groups is 1. The lowest BCUT2D eigenvalue weighted by atomic mass is 10.4. The van der Waals surface area contributed by atoms with Gasteiger partial charge in [0.2, 0.25) is 0 Å². The molecule has 0 aromatic rings. The molecular formula is C13H27F3N4O. The highest BCUT2D eigenvalue weighted by molar-refractivity contribution is 5.79. The van der Waals surface area contributed by atoms with Gasteiger partial charge in [-0.05, 0) is 33.9 Å². The number of hydrogen-bond donors (Lipinski definition) is 2. The average Bonchev–Trinajstić information content (AvgIpc) is 2.37. The molecule has 0 radical (unpaired) electrons. The van der Waals surface area contributed by atoms with Gasteiger partial charge in [0.25, 0.3) is 0 Å². The van der Waals surface area contributed by atoms with Crippen LogP contribution < -0.4 is 10.6 Å². The third-order valence-electron chi connectivity index (χ3n) is 2.50. The van der Waals surface area contributed by atoms with Gasteiger partial charge in [0, 0.05) is 26.2 Å². The molecule has 0 aromatic carbocycles. The normalized spacial score (nSPS) is 12.8. The molecule has 21 heavy (non-hydrogen) atoms. The number of ether oxygens (including phenoxy) is 1. The Labute approximate surface area is 124 Å². The summed E-state index contributed by atoms with van der Waals surface area (Å²) in [6.07, 6.45) is -3.57. The van der Waals surface area contributed by atoms with Gasteiger partial charge >= 0.3 is 6.18 Å². The Morgan fingerprint density at radius 2 is 1.95 bits per heavy atom. The molecule has 0 aromatic heterocycles. The second-order valence-electron chi connectivity index (χ2n) is 4.59. The second-order valence-corrected chi connectivity index (χ2v) is 4.59. The van der Waals surface area contributed by atoms with Crippen molar-refractivity contribution >= 4 is 5.96 Å². The first-order chi connectivity index (χ1) is 9.89. The van der Waals surface area contributed by atoms with Gasteiger partial charge in [-0.3, -0.25) is 9.89 Å². The van der Waals surface area contributed by atoms with Gasteiger partial charge < -0.3 is 15.4 Å². The number of aliphatic imine (C=N–C) groups is 1. The van der Waals surface area contributed by atoms with E-state index in [0.717, 1.165) is 6.54 Å². The monoisotopic (exact) mass is 312 g/mol. The van der Waals surface area contributed by atoms with Crippen molar-refractivity contribution < 1.29 is 17.9 Å². The largest absolute Gasteiger partial charge is 0.401 e. The topological polar surface area (TPSA) is 48.9 Å². The lowest BCUT2D eigenvalue weighted by Crippen LogP contribution is -2.39. The van der Waals surface area contributed by atoms with Crippen LogP contribution in [0.15, 0.2) is 4.99 Å². The Kier molecular flexibility index (Phi) is 11.1. The molecule has 0 spiro atoms. The fourth-order valence-corrected chi connectivity index (χ4v) is 1.64. The summed E-state index contributed by atoms with van der Waals surface area (Å²) in [5.41, 5.74) is 0. The molecule has 0 aliphatic heterocycles. The Morgan fingerprint density at radius 1 is 1.24 bits per heavy atom. The highest BCUT2D eigenvalue weighted by atomic mass is 19.4. The minimum atomic E-state index is -4.15. The maximum atomic E-state index is 12.1. The number of alkyl halides is 3. The van der Waals surface area contributed by atoms with Crippen molar-refractivity contribution in [3.63, 3.8) is 0 Å². The molecule has 0 saturated heterocycles. The Bertz CT molecular complexity index is 285. The SMILES string of the molecule is CCNC(=NCCCN(C)CC(F)(F)F)NCCOCC. The summed E-state index contributed by atoms with van der Waals surface area (Å²) in [6.45, 7) is 6.47. The summed E-state index contributed by atoms with van der Waals surface area (Å²) in [5, 5.41) is 6.18. The quantitative estimate of drug-likeness (QED) is 0.364. The molecule has 0 aliphatic rings. The average molecular weight is 312 g/mol. The van der Waals surface area contributed by atoms with Gasteiger partial charge in [0.1, 0.15) is 0 Å². The lowest BCUT2D eigenvalue weighted by molar-refractivity contribution is -0.143. The maximum Gasteiger partial charge on any atom is 0.401 e. The van der Waals surface area contributed by atoms with Crippen LogP contribution in [0.5, 0.6) is 0 Å². The molecule has 0 heterocycles. The molecule has 0 amide bonds. The minimum absolute atomic E-state index is 0.362. The van der Waals surface area contributed by atoms with Crippen LogP contribution in [0, 0.1) is 0 Å². The molecule has 0 aliphatic carbocycles. The molecule has 0 saturated carbocycles. The summed E-state index contributed by atoms with van der Waals surface area (Å²) >= 11 is 0. The van der Waals surface area contributed by atoms with E-state index in [9.17, 15) is 13.2 Å². The summed E-state index contributed by atoms with van der Waals surface area (Å²) in [7, 11) is 1.46. The van der Waals surface area contributed by atoms with Crippen LogP contribution in [0.2, 0.25) is 0 Å². The first-order valence-corrected chi connectivity index (χ1v) is 7.24. The van der Waals surface area contributed by atoms with Crippen LogP contribution in [0.1, 0.15) is 20.3 Å². The van der Waals surface area contributed by atoms with Gasteiger partial charge in [-0.15, -0.1) is 0 Å². The zero-order chi connectivity index (χ0) is 16.1. The van der Waals surface area contributed by atoms with Crippen molar-refractivity contribution in [1.29, 1.82) is 0 Å². The van der Waals surface area contributed by atoms with E-state index in [0.29, 0.717) is 45.2 Å². The van der Waals surface area contributed by atoms with E-state index < -0.39 is 12.7 Å².